The van der Waals surface area contributed by atoms with Crippen molar-refractivity contribution in [1.29, 1.82) is 0 Å². The molecule has 12 heteroatoms. The van der Waals surface area contributed by atoms with Crippen LogP contribution < -0.4 is 10.9 Å². The molecule has 2 N–H and O–H groups in total. The normalized spacial score (nSPS) is 10.6. The van der Waals surface area contributed by atoms with Crippen LogP contribution in [0.4, 0.5) is 10.8 Å². The summed E-state index contributed by atoms with van der Waals surface area (Å²) in [5, 5.41) is 21.8. The lowest BCUT2D eigenvalue weighted by Gasteiger charge is -2.06. The summed E-state index contributed by atoms with van der Waals surface area (Å²) in [6.07, 6.45) is 0. The number of aromatic nitrogens is 3. The number of esters is 1. The number of nitrogens with one attached hydrogen (secondary N) is 2. The maximum absolute atomic E-state index is 12.3. The third-order valence-corrected chi connectivity index (χ3v) is 5.08. The number of nitro benzene ring substituents is 1. The lowest BCUT2D eigenvalue weighted by Crippen LogP contribution is -2.22. The van der Waals surface area contributed by atoms with Crippen molar-refractivity contribution in [3.63, 3.8) is 0 Å². The zero-order valence-electron chi connectivity index (χ0n) is 16.1. The van der Waals surface area contributed by atoms with Gasteiger partial charge in [-0.15, -0.1) is 11.3 Å². The smallest absolute Gasteiger partial charge is 0.359 e. The molecule has 0 bridgehead atoms. The number of nitro groups is 1. The van der Waals surface area contributed by atoms with E-state index >= 15 is 0 Å². The molecule has 0 aliphatic carbocycles. The van der Waals surface area contributed by atoms with Crippen molar-refractivity contribution in [3.05, 3.63) is 80.1 Å². The number of non-ortho nitro benzene ring substituents is 1. The molecular weight excluding hydrogens is 438 g/mol. The molecule has 0 fully saturated rings. The molecule has 0 aliphatic heterocycles. The molecule has 0 saturated heterocycles. The molecule has 0 aliphatic rings. The van der Waals surface area contributed by atoms with E-state index in [1.165, 1.54) is 12.1 Å². The van der Waals surface area contributed by atoms with Crippen LogP contribution in [0.5, 0.6) is 0 Å². The van der Waals surface area contributed by atoms with Crippen LogP contribution in [0.2, 0.25) is 0 Å². The number of aromatic amines is 1. The van der Waals surface area contributed by atoms with E-state index in [1.807, 2.05) is 0 Å². The Morgan fingerprint density at radius 1 is 1.16 bits per heavy atom. The summed E-state index contributed by atoms with van der Waals surface area (Å²) in [6.45, 7) is -0.598. The van der Waals surface area contributed by atoms with Crippen molar-refractivity contribution < 1.29 is 19.2 Å². The van der Waals surface area contributed by atoms with Gasteiger partial charge in [-0.1, -0.05) is 30.3 Å². The minimum atomic E-state index is -0.871. The number of anilines is 1. The van der Waals surface area contributed by atoms with Crippen molar-refractivity contribution in [3.8, 4) is 11.3 Å². The summed E-state index contributed by atoms with van der Waals surface area (Å²) in [6, 6.07) is 12.3. The van der Waals surface area contributed by atoms with Crippen LogP contribution >= 0.6 is 11.3 Å². The molecule has 32 heavy (non-hydrogen) atoms. The third-order valence-electron chi connectivity index (χ3n) is 4.33. The summed E-state index contributed by atoms with van der Waals surface area (Å²) in [5.41, 5.74) is 0.345. The van der Waals surface area contributed by atoms with Crippen molar-refractivity contribution in [2.75, 3.05) is 11.9 Å². The number of thiazole rings is 1. The van der Waals surface area contributed by atoms with Crippen LogP contribution in [-0.2, 0) is 9.53 Å². The number of rotatable bonds is 6. The van der Waals surface area contributed by atoms with E-state index < -0.39 is 29.0 Å². The van der Waals surface area contributed by atoms with E-state index in [-0.39, 0.29) is 21.9 Å². The molecule has 0 spiro atoms. The molecule has 11 nitrogen and oxygen atoms in total. The van der Waals surface area contributed by atoms with Crippen LogP contribution in [0.3, 0.4) is 0 Å². The summed E-state index contributed by atoms with van der Waals surface area (Å²) >= 11 is 1.12. The van der Waals surface area contributed by atoms with E-state index in [0.717, 1.165) is 11.3 Å². The van der Waals surface area contributed by atoms with Gasteiger partial charge in [0.25, 0.3) is 17.2 Å². The van der Waals surface area contributed by atoms with Gasteiger partial charge in [-0.25, -0.2) is 14.9 Å². The number of amides is 1. The number of carbonyl (C=O) groups is 2. The Bertz CT molecular complexity index is 1410. The molecule has 0 atom stereocenters. The second kappa shape index (κ2) is 8.73. The van der Waals surface area contributed by atoms with Gasteiger partial charge in [-0.2, -0.15) is 5.10 Å². The Morgan fingerprint density at radius 3 is 2.72 bits per heavy atom. The summed E-state index contributed by atoms with van der Waals surface area (Å²) in [4.78, 5) is 51.0. The summed E-state index contributed by atoms with van der Waals surface area (Å²) in [7, 11) is 0. The van der Waals surface area contributed by atoms with Crippen LogP contribution in [0, 0.1) is 10.1 Å². The van der Waals surface area contributed by atoms with Gasteiger partial charge in [0.05, 0.1) is 16.0 Å². The highest BCUT2D eigenvalue weighted by molar-refractivity contribution is 7.14. The maximum atomic E-state index is 12.3. The van der Waals surface area contributed by atoms with Crippen LogP contribution in [0.15, 0.2) is 58.7 Å². The number of hydrogen-bond acceptors (Lipinski definition) is 9. The van der Waals surface area contributed by atoms with E-state index in [2.05, 4.69) is 20.5 Å². The van der Waals surface area contributed by atoms with Crippen molar-refractivity contribution in [1.82, 2.24) is 15.2 Å². The first-order valence-corrected chi connectivity index (χ1v) is 9.95. The molecule has 1 amide bonds. The summed E-state index contributed by atoms with van der Waals surface area (Å²) in [5.74, 6) is -1.50. The van der Waals surface area contributed by atoms with Crippen LogP contribution in [-0.4, -0.2) is 38.6 Å². The molecule has 0 unspecified atom stereocenters. The van der Waals surface area contributed by atoms with Crippen molar-refractivity contribution in [2.45, 2.75) is 0 Å². The van der Waals surface area contributed by atoms with E-state index in [0.29, 0.717) is 16.6 Å². The first-order chi connectivity index (χ1) is 15.4. The predicted molar refractivity (Wildman–Crippen MR) is 115 cm³/mol. The fraction of sp³-hybridized carbons (Fsp3) is 0.0500. The Labute approximate surface area is 182 Å². The highest BCUT2D eigenvalue weighted by Crippen LogP contribution is 2.27. The largest absolute Gasteiger partial charge is 0.451 e. The van der Waals surface area contributed by atoms with Gasteiger partial charge in [-0.3, -0.25) is 25.0 Å². The number of hydrogen-bond donors (Lipinski definition) is 2. The van der Waals surface area contributed by atoms with E-state index in [4.69, 9.17) is 4.74 Å². The molecule has 4 rings (SSSR count). The molecule has 2 aromatic carbocycles. The average molecular weight is 451 g/mol. The molecule has 160 valence electrons. The predicted octanol–water partition coefficient (Wildman–Crippen LogP) is 2.75. The zero-order valence-corrected chi connectivity index (χ0v) is 16.9. The highest BCUT2D eigenvalue weighted by Gasteiger charge is 2.17. The van der Waals surface area contributed by atoms with Gasteiger partial charge in [0.15, 0.2) is 17.4 Å². The Morgan fingerprint density at radius 2 is 1.94 bits per heavy atom. The average Bonchev–Trinajstić information content (AvgIpc) is 3.26. The lowest BCUT2D eigenvalue weighted by atomic mass is 10.1. The van der Waals surface area contributed by atoms with E-state index in [9.17, 15) is 24.5 Å². The quantitative estimate of drug-likeness (QED) is 0.257. The fourth-order valence-electron chi connectivity index (χ4n) is 2.87. The second-order valence-corrected chi connectivity index (χ2v) is 7.27. The highest BCUT2D eigenvalue weighted by atomic mass is 32.1. The molecule has 2 heterocycles. The van der Waals surface area contributed by atoms with Gasteiger partial charge in [0.2, 0.25) is 0 Å². The number of carbonyl (C=O) groups excluding carboxylic acids is 2. The van der Waals surface area contributed by atoms with Crippen molar-refractivity contribution in [2.24, 2.45) is 0 Å². The topological polar surface area (TPSA) is 157 Å². The summed E-state index contributed by atoms with van der Waals surface area (Å²) < 4.78 is 5.01. The van der Waals surface area contributed by atoms with Gasteiger partial charge in [0, 0.05) is 28.5 Å². The minimum absolute atomic E-state index is 0.0728. The number of ether oxygens (including phenoxy) is 1. The number of nitrogens with zero attached hydrogens (tertiary/aromatic N) is 3. The minimum Gasteiger partial charge on any atom is -0.451 e. The van der Waals surface area contributed by atoms with Crippen molar-refractivity contribution >= 4 is 44.8 Å². The first kappa shape index (κ1) is 20.8. The third kappa shape index (κ3) is 4.34. The van der Waals surface area contributed by atoms with E-state index in [1.54, 1.807) is 41.8 Å². The Kier molecular flexibility index (Phi) is 5.68. The number of fused-ring (bicyclic) bond motifs is 1. The zero-order chi connectivity index (χ0) is 22.7. The molecule has 2 aromatic heterocycles. The molecular formula is C20H13N5O6S. The molecule has 0 saturated carbocycles. The lowest BCUT2D eigenvalue weighted by molar-refractivity contribution is -0.384. The second-order valence-electron chi connectivity index (χ2n) is 6.42. The fourth-order valence-corrected chi connectivity index (χ4v) is 3.60. The van der Waals surface area contributed by atoms with Gasteiger partial charge < -0.3 is 4.74 Å². The molecule has 4 aromatic rings. The maximum Gasteiger partial charge on any atom is 0.359 e. The molecule has 0 radical (unpaired) electrons. The monoisotopic (exact) mass is 451 g/mol. The number of benzene rings is 2. The van der Waals surface area contributed by atoms with Gasteiger partial charge >= 0.3 is 5.97 Å². The Balaban J connectivity index is 1.41. The van der Waals surface area contributed by atoms with Crippen LogP contribution in [0.25, 0.3) is 22.0 Å². The standard InChI is InChI=1S/C20H13N5O6S/c26-16(9-31-19(28)17-13-6-1-2-7-14(13)18(27)24-23-17)22-20-21-15(10-32-20)11-4-3-5-12(8-11)25(29)30/h1-8,10H,9H2,(H,24,27)(H,21,22,26). The van der Waals surface area contributed by atoms with Crippen LogP contribution in [0.1, 0.15) is 10.5 Å². The van der Waals surface area contributed by atoms with Gasteiger partial charge in [0.1, 0.15) is 0 Å². The number of H-pyrrole nitrogens is 1. The van der Waals surface area contributed by atoms with Gasteiger partial charge in [-0.05, 0) is 6.07 Å². The Hall–Kier alpha value is -4.45. The SMILES string of the molecule is O=C(COC(=O)c1n[nH]c(=O)c2ccccc12)Nc1nc(-c2cccc([N+](=O)[O-])c2)cs1. The first-order valence-electron chi connectivity index (χ1n) is 9.07.